The average molecular weight is 315 g/mol. The minimum Gasteiger partial charge on any atom is -0.300 e. The molecule has 0 amide bonds. The fraction of sp³-hybridized carbons (Fsp3) is 0.364. The van der Waals surface area contributed by atoms with Crippen LogP contribution in [0.2, 0.25) is 0 Å². The third-order valence-electron chi connectivity index (χ3n) is 5.98. The Morgan fingerprint density at radius 2 is 1.96 bits per heavy atom. The third-order valence-corrected chi connectivity index (χ3v) is 5.98. The molecule has 120 valence electrons. The zero-order valence-corrected chi connectivity index (χ0v) is 13.8. The number of nitrogens with zero attached hydrogens (tertiary/aromatic N) is 1. The minimum atomic E-state index is 0.0589. The van der Waals surface area contributed by atoms with Crippen molar-refractivity contribution in [1.82, 2.24) is 0 Å². The van der Waals surface area contributed by atoms with E-state index in [-0.39, 0.29) is 5.41 Å². The molecule has 0 N–H and O–H groups in total. The molecule has 2 heteroatoms. The molecule has 0 aromatic heterocycles. The quantitative estimate of drug-likeness (QED) is 0.712. The van der Waals surface area contributed by atoms with Gasteiger partial charge >= 0.3 is 0 Å². The molecule has 0 unspecified atom stereocenters. The van der Waals surface area contributed by atoms with Crippen molar-refractivity contribution in [3.63, 3.8) is 0 Å². The topological polar surface area (TPSA) is 21.4 Å². The standard InChI is InChI=1S/C22H21NO/c1-23-19-9-10-21-17(13-19)7-8-18-14-20(24)11-12-22(18,21)15-16-5-3-2-4-6-16/h2-6,9-10,13,18H,7-8,11-12,14-15H2/t18-,22+/m1/s1. The van der Waals surface area contributed by atoms with Crippen LogP contribution in [0.4, 0.5) is 5.69 Å². The molecule has 0 spiro atoms. The van der Waals surface area contributed by atoms with Gasteiger partial charge in [0.25, 0.3) is 0 Å². The predicted octanol–water partition coefficient (Wildman–Crippen LogP) is 5.03. The highest BCUT2D eigenvalue weighted by atomic mass is 16.1. The van der Waals surface area contributed by atoms with E-state index in [0.29, 0.717) is 18.1 Å². The number of carbonyl (C=O) groups excluding carboxylic acids is 1. The normalized spacial score (nSPS) is 25.5. The van der Waals surface area contributed by atoms with Crippen LogP contribution in [-0.4, -0.2) is 5.78 Å². The maximum Gasteiger partial charge on any atom is 0.187 e. The first-order valence-corrected chi connectivity index (χ1v) is 8.78. The molecule has 0 heterocycles. The van der Waals surface area contributed by atoms with Gasteiger partial charge in [0, 0.05) is 18.3 Å². The Morgan fingerprint density at radius 1 is 1.12 bits per heavy atom. The number of aryl methyl sites for hydroxylation is 1. The molecule has 0 bridgehead atoms. The van der Waals surface area contributed by atoms with Crippen molar-refractivity contribution < 1.29 is 4.79 Å². The maximum absolute atomic E-state index is 12.1. The number of benzene rings is 2. The zero-order valence-electron chi connectivity index (χ0n) is 13.8. The summed E-state index contributed by atoms with van der Waals surface area (Å²) in [4.78, 5) is 15.7. The first kappa shape index (κ1) is 15.1. The average Bonchev–Trinajstić information content (AvgIpc) is 2.62. The van der Waals surface area contributed by atoms with Gasteiger partial charge in [0.05, 0.1) is 6.57 Å². The molecular weight excluding hydrogens is 294 g/mol. The Hall–Kier alpha value is -2.40. The van der Waals surface area contributed by atoms with Crippen LogP contribution in [-0.2, 0) is 23.1 Å². The molecule has 24 heavy (non-hydrogen) atoms. The lowest BCUT2D eigenvalue weighted by Crippen LogP contribution is -2.45. The van der Waals surface area contributed by atoms with Crippen molar-refractivity contribution in [3.8, 4) is 0 Å². The van der Waals surface area contributed by atoms with Crippen molar-refractivity contribution in [2.45, 2.75) is 43.9 Å². The molecule has 0 radical (unpaired) electrons. The zero-order chi connectivity index (χ0) is 16.6. The second kappa shape index (κ2) is 5.91. The molecule has 2 atom stereocenters. The minimum absolute atomic E-state index is 0.0589. The molecule has 2 aromatic carbocycles. The first-order chi connectivity index (χ1) is 11.7. The molecule has 2 aromatic rings. The summed E-state index contributed by atoms with van der Waals surface area (Å²) in [5.74, 6) is 0.857. The second-order valence-corrected chi connectivity index (χ2v) is 7.25. The van der Waals surface area contributed by atoms with Gasteiger partial charge < -0.3 is 0 Å². The van der Waals surface area contributed by atoms with Crippen LogP contribution in [0.1, 0.15) is 42.4 Å². The lowest BCUT2D eigenvalue weighted by atomic mass is 9.55. The third kappa shape index (κ3) is 2.45. The van der Waals surface area contributed by atoms with E-state index >= 15 is 0 Å². The van der Waals surface area contributed by atoms with Gasteiger partial charge in [-0.2, -0.15) is 0 Å². The fourth-order valence-corrected chi connectivity index (χ4v) is 4.83. The van der Waals surface area contributed by atoms with Gasteiger partial charge in [-0.1, -0.05) is 54.1 Å². The Morgan fingerprint density at radius 3 is 2.75 bits per heavy atom. The Kier molecular flexibility index (Phi) is 3.73. The van der Waals surface area contributed by atoms with Crippen LogP contribution in [0, 0.1) is 12.5 Å². The smallest absolute Gasteiger partial charge is 0.187 e. The Balaban J connectivity index is 1.82. The summed E-state index contributed by atoms with van der Waals surface area (Å²) >= 11 is 0. The van der Waals surface area contributed by atoms with E-state index in [2.05, 4.69) is 47.3 Å². The van der Waals surface area contributed by atoms with E-state index in [1.165, 1.54) is 16.7 Å². The Labute approximate surface area is 143 Å². The van der Waals surface area contributed by atoms with Crippen LogP contribution in [0.25, 0.3) is 4.85 Å². The summed E-state index contributed by atoms with van der Waals surface area (Å²) < 4.78 is 0. The van der Waals surface area contributed by atoms with E-state index < -0.39 is 0 Å². The first-order valence-electron chi connectivity index (χ1n) is 8.78. The summed E-state index contributed by atoms with van der Waals surface area (Å²) in [6.45, 7) is 7.28. The van der Waals surface area contributed by atoms with E-state index in [1.54, 1.807) is 0 Å². The lowest BCUT2D eigenvalue weighted by molar-refractivity contribution is -0.123. The highest BCUT2D eigenvalue weighted by Gasteiger charge is 2.47. The van der Waals surface area contributed by atoms with E-state index in [0.717, 1.165) is 37.8 Å². The summed E-state index contributed by atoms with van der Waals surface area (Å²) in [6.07, 6.45) is 5.40. The van der Waals surface area contributed by atoms with Gasteiger partial charge in [0.2, 0.25) is 0 Å². The van der Waals surface area contributed by atoms with E-state index in [4.69, 9.17) is 6.57 Å². The lowest BCUT2D eigenvalue weighted by Gasteiger charge is -2.48. The molecule has 1 fully saturated rings. The largest absolute Gasteiger partial charge is 0.300 e. The second-order valence-electron chi connectivity index (χ2n) is 7.25. The van der Waals surface area contributed by atoms with E-state index in [1.807, 2.05) is 6.07 Å². The monoisotopic (exact) mass is 315 g/mol. The fourth-order valence-electron chi connectivity index (χ4n) is 4.83. The van der Waals surface area contributed by atoms with Crippen molar-refractivity contribution >= 4 is 11.5 Å². The van der Waals surface area contributed by atoms with Crippen molar-refractivity contribution in [2.75, 3.05) is 0 Å². The van der Waals surface area contributed by atoms with Crippen molar-refractivity contribution in [1.29, 1.82) is 0 Å². The number of rotatable bonds is 2. The van der Waals surface area contributed by atoms with Gasteiger partial charge in [-0.05, 0) is 42.7 Å². The molecule has 0 aliphatic heterocycles. The van der Waals surface area contributed by atoms with Crippen molar-refractivity contribution in [2.24, 2.45) is 5.92 Å². The van der Waals surface area contributed by atoms with E-state index in [9.17, 15) is 4.79 Å². The van der Waals surface area contributed by atoms with Gasteiger partial charge in [0.1, 0.15) is 5.78 Å². The highest BCUT2D eigenvalue weighted by molar-refractivity contribution is 5.80. The van der Waals surface area contributed by atoms with Crippen LogP contribution in [0.5, 0.6) is 0 Å². The summed E-state index contributed by atoms with van der Waals surface area (Å²) in [5, 5.41) is 0. The van der Waals surface area contributed by atoms with Gasteiger partial charge in [-0.15, -0.1) is 0 Å². The highest BCUT2D eigenvalue weighted by Crippen LogP contribution is 2.51. The van der Waals surface area contributed by atoms with Gasteiger partial charge in [-0.25, -0.2) is 4.85 Å². The van der Waals surface area contributed by atoms with Crippen molar-refractivity contribution in [3.05, 3.63) is 76.6 Å². The SMILES string of the molecule is [C-]#[N+]c1ccc2c(c1)CC[C@@H]1CC(=O)CC[C@@]21Cc1ccccc1. The maximum atomic E-state index is 12.1. The summed E-state index contributed by atoms with van der Waals surface area (Å²) in [7, 11) is 0. The summed E-state index contributed by atoms with van der Waals surface area (Å²) in [5.41, 5.74) is 4.85. The van der Waals surface area contributed by atoms with Gasteiger partial charge in [0.15, 0.2) is 5.69 Å². The van der Waals surface area contributed by atoms with Crippen LogP contribution in [0.15, 0.2) is 48.5 Å². The molecule has 2 aliphatic carbocycles. The molecule has 0 saturated heterocycles. The number of hydrogen-bond acceptors (Lipinski definition) is 1. The number of carbonyl (C=O) groups is 1. The number of hydrogen-bond donors (Lipinski definition) is 0. The Bertz CT molecular complexity index is 818. The van der Waals surface area contributed by atoms with Crippen LogP contribution >= 0.6 is 0 Å². The molecule has 4 rings (SSSR count). The van der Waals surface area contributed by atoms with Crippen LogP contribution in [0.3, 0.4) is 0 Å². The number of Topliss-reactive ketones (excluding diaryl/α,β-unsaturated/α-hetero) is 1. The predicted molar refractivity (Wildman–Crippen MR) is 95.2 cm³/mol. The number of ketones is 1. The molecule has 2 nitrogen and oxygen atoms in total. The molecule has 1 saturated carbocycles. The number of fused-ring (bicyclic) bond motifs is 3. The molecular formula is C22H21NO. The van der Waals surface area contributed by atoms with Gasteiger partial charge in [-0.3, -0.25) is 4.79 Å². The summed E-state index contributed by atoms with van der Waals surface area (Å²) in [6, 6.07) is 16.8. The molecule has 2 aliphatic rings. The van der Waals surface area contributed by atoms with Crippen LogP contribution < -0.4 is 0 Å².